The van der Waals surface area contributed by atoms with Crippen molar-refractivity contribution in [2.24, 2.45) is 0 Å². The van der Waals surface area contributed by atoms with Crippen LogP contribution in [-0.4, -0.2) is 19.9 Å². The maximum Gasteiger partial charge on any atom is 0.316 e. The van der Waals surface area contributed by atoms with Crippen LogP contribution < -0.4 is 4.74 Å². The highest BCUT2D eigenvalue weighted by molar-refractivity contribution is 7.09. The summed E-state index contributed by atoms with van der Waals surface area (Å²) in [6.07, 6.45) is 6.88. The molecule has 0 amide bonds. The summed E-state index contributed by atoms with van der Waals surface area (Å²) in [6, 6.07) is 6.05. The van der Waals surface area contributed by atoms with E-state index in [0.717, 1.165) is 16.3 Å². The Morgan fingerprint density at radius 3 is 2.58 bits per heavy atom. The van der Waals surface area contributed by atoms with Crippen molar-refractivity contribution in [1.29, 1.82) is 0 Å². The lowest BCUT2D eigenvalue weighted by Crippen LogP contribution is -1.99. The third-order valence-electron chi connectivity index (χ3n) is 2.40. The van der Waals surface area contributed by atoms with E-state index >= 15 is 0 Å². The van der Waals surface area contributed by atoms with Crippen molar-refractivity contribution in [2.75, 3.05) is 0 Å². The molecule has 6 heteroatoms. The molecular weight excluding hydrogens is 260 g/mol. The number of rotatable bonds is 4. The summed E-state index contributed by atoms with van der Waals surface area (Å²) in [5.74, 6) is 0. The first-order valence-electron chi connectivity index (χ1n) is 5.66. The van der Waals surface area contributed by atoms with Gasteiger partial charge in [-0.2, -0.15) is 0 Å². The number of hydrogen-bond acceptors (Lipinski definition) is 6. The average Bonchev–Trinajstić information content (AvgIpc) is 3.00. The summed E-state index contributed by atoms with van der Waals surface area (Å²) < 4.78 is 5.45. The van der Waals surface area contributed by atoms with Gasteiger partial charge in [0.05, 0.1) is 5.69 Å². The zero-order chi connectivity index (χ0) is 12.9. The molecule has 0 bridgehead atoms. The predicted octanol–water partition coefficient (Wildman–Crippen LogP) is 2.57. The van der Waals surface area contributed by atoms with Crippen LogP contribution in [0, 0.1) is 0 Å². The van der Waals surface area contributed by atoms with Gasteiger partial charge in [-0.05, 0) is 12.1 Å². The molecule has 3 rings (SSSR count). The van der Waals surface area contributed by atoms with E-state index in [0.29, 0.717) is 12.6 Å². The Bertz CT molecular complexity index is 626. The molecule has 3 aromatic heterocycles. The van der Waals surface area contributed by atoms with Crippen LogP contribution in [0.2, 0.25) is 0 Å². The fraction of sp³-hybridized carbons (Fsp3) is 0.0769. The van der Waals surface area contributed by atoms with Gasteiger partial charge < -0.3 is 4.74 Å². The molecule has 0 atom stereocenters. The first-order valence-corrected chi connectivity index (χ1v) is 6.54. The number of aromatic nitrogens is 4. The van der Waals surface area contributed by atoms with Crippen LogP contribution in [0.1, 0.15) is 5.01 Å². The first-order chi connectivity index (χ1) is 9.42. The maximum absolute atomic E-state index is 5.45. The van der Waals surface area contributed by atoms with E-state index in [1.807, 2.05) is 23.6 Å². The quantitative estimate of drug-likeness (QED) is 0.729. The lowest BCUT2D eigenvalue weighted by atomic mass is 10.2. The van der Waals surface area contributed by atoms with Crippen molar-refractivity contribution in [3.8, 4) is 17.3 Å². The lowest BCUT2D eigenvalue weighted by Gasteiger charge is -2.03. The number of nitrogens with zero attached hydrogens (tertiary/aromatic N) is 4. The molecule has 19 heavy (non-hydrogen) atoms. The number of pyridine rings is 1. The van der Waals surface area contributed by atoms with Crippen LogP contribution in [0.25, 0.3) is 11.3 Å². The van der Waals surface area contributed by atoms with Crippen LogP contribution in [0.4, 0.5) is 0 Å². The van der Waals surface area contributed by atoms with Crippen molar-refractivity contribution < 1.29 is 4.74 Å². The van der Waals surface area contributed by atoms with E-state index < -0.39 is 0 Å². The molecule has 0 saturated heterocycles. The van der Waals surface area contributed by atoms with Gasteiger partial charge in [0.15, 0.2) is 0 Å². The third kappa shape index (κ3) is 2.92. The normalized spacial score (nSPS) is 10.3. The van der Waals surface area contributed by atoms with Crippen LogP contribution >= 0.6 is 11.3 Å². The Kier molecular flexibility index (Phi) is 3.42. The van der Waals surface area contributed by atoms with Crippen molar-refractivity contribution >= 4 is 11.3 Å². The highest BCUT2D eigenvalue weighted by Crippen LogP contribution is 2.15. The summed E-state index contributed by atoms with van der Waals surface area (Å²) in [5.41, 5.74) is 1.70. The largest absolute Gasteiger partial charge is 0.456 e. The Hall–Kier alpha value is -2.34. The molecule has 94 valence electrons. The molecule has 0 saturated carbocycles. The van der Waals surface area contributed by atoms with Crippen LogP contribution in [0.3, 0.4) is 0 Å². The van der Waals surface area contributed by atoms with Gasteiger partial charge in [0, 0.05) is 35.7 Å². The van der Waals surface area contributed by atoms with Crippen LogP contribution in [0.5, 0.6) is 6.01 Å². The monoisotopic (exact) mass is 270 g/mol. The third-order valence-corrected chi connectivity index (χ3v) is 3.15. The van der Waals surface area contributed by atoms with Crippen molar-refractivity contribution in [2.45, 2.75) is 6.61 Å². The second-order valence-corrected chi connectivity index (χ2v) is 4.66. The number of hydrogen-bond donors (Lipinski definition) is 0. The Morgan fingerprint density at radius 1 is 1.00 bits per heavy atom. The van der Waals surface area contributed by atoms with Gasteiger partial charge in [0.25, 0.3) is 0 Å². The van der Waals surface area contributed by atoms with Gasteiger partial charge in [-0.15, -0.1) is 11.3 Å². The molecule has 0 aliphatic rings. The Balaban J connectivity index is 1.69. The molecule has 0 unspecified atom stereocenters. The first kappa shape index (κ1) is 11.7. The topological polar surface area (TPSA) is 60.8 Å². The lowest BCUT2D eigenvalue weighted by molar-refractivity contribution is 0.280. The van der Waals surface area contributed by atoms with Crippen LogP contribution in [0.15, 0.2) is 48.4 Å². The predicted molar refractivity (Wildman–Crippen MR) is 71.7 cm³/mol. The average molecular weight is 270 g/mol. The summed E-state index contributed by atoms with van der Waals surface area (Å²) >= 11 is 1.54. The van der Waals surface area contributed by atoms with E-state index in [9.17, 15) is 0 Å². The molecule has 0 radical (unpaired) electrons. The van der Waals surface area contributed by atoms with Gasteiger partial charge in [0.2, 0.25) is 0 Å². The molecule has 3 heterocycles. The zero-order valence-corrected chi connectivity index (χ0v) is 10.7. The maximum atomic E-state index is 5.45. The fourth-order valence-corrected chi connectivity index (χ4v) is 2.03. The fourth-order valence-electron chi connectivity index (χ4n) is 1.51. The standard InChI is InChI=1S/C13H10N4OS/c1-2-4-14-11(3-1)10-7-16-13(17-8-10)18-9-12-15-5-6-19-12/h1-8H,9H2. The molecule has 0 N–H and O–H groups in total. The van der Waals surface area contributed by atoms with E-state index in [1.165, 1.54) is 0 Å². The molecule has 0 spiro atoms. The molecule has 3 aromatic rings. The van der Waals surface area contributed by atoms with Gasteiger partial charge in [0.1, 0.15) is 11.6 Å². The van der Waals surface area contributed by atoms with E-state index in [1.54, 1.807) is 36.1 Å². The van der Waals surface area contributed by atoms with Gasteiger partial charge >= 0.3 is 6.01 Å². The van der Waals surface area contributed by atoms with E-state index in [4.69, 9.17) is 4.74 Å². The summed E-state index contributed by atoms with van der Waals surface area (Å²) in [6.45, 7) is 0.389. The van der Waals surface area contributed by atoms with E-state index in [-0.39, 0.29) is 0 Å². The molecule has 0 aliphatic carbocycles. The van der Waals surface area contributed by atoms with E-state index in [2.05, 4.69) is 19.9 Å². The highest BCUT2D eigenvalue weighted by Gasteiger charge is 2.03. The number of thiazole rings is 1. The molecule has 0 aliphatic heterocycles. The highest BCUT2D eigenvalue weighted by atomic mass is 32.1. The molecule has 5 nitrogen and oxygen atoms in total. The van der Waals surface area contributed by atoms with Crippen molar-refractivity contribution in [3.05, 3.63) is 53.4 Å². The Labute approximate surface area is 114 Å². The minimum absolute atomic E-state index is 0.342. The van der Waals surface area contributed by atoms with Gasteiger partial charge in [-0.3, -0.25) is 4.98 Å². The minimum Gasteiger partial charge on any atom is -0.456 e. The Morgan fingerprint density at radius 2 is 1.89 bits per heavy atom. The summed E-state index contributed by atoms with van der Waals surface area (Å²) in [5, 5.41) is 2.81. The molecular formula is C13H10N4OS. The van der Waals surface area contributed by atoms with Crippen LogP contribution in [-0.2, 0) is 6.61 Å². The summed E-state index contributed by atoms with van der Waals surface area (Å²) in [7, 11) is 0. The minimum atomic E-state index is 0.342. The SMILES string of the molecule is c1ccc(-c2cnc(OCc3nccs3)nc2)nc1. The summed E-state index contributed by atoms with van der Waals surface area (Å²) in [4.78, 5) is 16.7. The van der Waals surface area contributed by atoms with Crippen molar-refractivity contribution in [3.63, 3.8) is 0 Å². The van der Waals surface area contributed by atoms with Gasteiger partial charge in [-0.1, -0.05) is 6.07 Å². The second kappa shape index (κ2) is 5.53. The second-order valence-electron chi connectivity index (χ2n) is 3.68. The molecule has 0 aromatic carbocycles. The smallest absolute Gasteiger partial charge is 0.316 e. The van der Waals surface area contributed by atoms with Crippen molar-refractivity contribution in [1.82, 2.24) is 19.9 Å². The van der Waals surface area contributed by atoms with Gasteiger partial charge in [-0.25, -0.2) is 15.0 Å². The number of ether oxygens (including phenoxy) is 1. The zero-order valence-electron chi connectivity index (χ0n) is 9.93. The molecule has 0 fully saturated rings.